The Morgan fingerprint density at radius 1 is 1.09 bits per heavy atom. The van der Waals surface area contributed by atoms with Crippen LogP contribution in [0.4, 0.5) is 0 Å². The van der Waals surface area contributed by atoms with Crippen LogP contribution in [0.5, 0.6) is 5.75 Å². The number of ether oxygens (including phenoxy) is 2. The fraction of sp³-hybridized carbons (Fsp3) is 0.320. The van der Waals surface area contributed by atoms with Gasteiger partial charge < -0.3 is 14.8 Å². The van der Waals surface area contributed by atoms with Gasteiger partial charge in [0.25, 0.3) is 0 Å². The molecule has 0 spiro atoms. The monoisotopic (exact) mass is 489 g/mol. The van der Waals surface area contributed by atoms with Crippen LogP contribution in [0.25, 0.3) is 0 Å². The summed E-state index contributed by atoms with van der Waals surface area (Å²) in [5.41, 5.74) is 1.65. The molecule has 0 bridgehead atoms. The van der Waals surface area contributed by atoms with Crippen molar-refractivity contribution in [3.63, 3.8) is 0 Å². The molecule has 0 aromatic heterocycles. The van der Waals surface area contributed by atoms with Crippen LogP contribution in [0.3, 0.4) is 0 Å². The van der Waals surface area contributed by atoms with E-state index in [0.29, 0.717) is 27.7 Å². The lowest BCUT2D eigenvalue weighted by atomic mass is 9.86. The molecule has 1 aliphatic heterocycles. The summed E-state index contributed by atoms with van der Waals surface area (Å²) in [6, 6.07) is 13.2. The molecule has 6 nitrogen and oxygen atoms in total. The minimum atomic E-state index is -4.01. The number of nitrogens with one attached hydrogen (secondary N) is 1. The number of hydrogen-bond acceptors (Lipinski definition) is 6. The molecule has 0 radical (unpaired) electrons. The predicted molar refractivity (Wildman–Crippen MR) is 129 cm³/mol. The van der Waals surface area contributed by atoms with Gasteiger partial charge >= 0.3 is 5.97 Å². The van der Waals surface area contributed by atoms with Crippen LogP contribution >= 0.6 is 11.6 Å². The maximum atomic E-state index is 13.9. The van der Waals surface area contributed by atoms with Crippen molar-refractivity contribution in [2.24, 2.45) is 0 Å². The summed E-state index contributed by atoms with van der Waals surface area (Å²) in [5.74, 6) is -0.958. The number of hydrogen-bond donors (Lipinski definition) is 1. The van der Waals surface area contributed by atoms with Gasteiger partial charge in [-0.1, -0.05) is 36.7 Å². The topological polar surface area (TPSA) is 81.7 Å². The summed E-state index contributed by atoms with van der Waals surface area (Å²) < 4.78 is 38.6. The summed E-state index contributed by atoms with van der Waals surface area (Å²) in [5, 5.41) is 3.40. The predicted octanol–water partition coefficient (Wildman–Crippen LogP) is 5.36. The first-order chi connectivity index (χ1) is 15.6. The average Bonchev–Trinajstić information content (AvgIpc) is 2.78. The number of sulfone groups is 1. The van der Waals surface area contributed by atoms with Crippen molar-refractivity contribution in [1.29, 1.82) is 0 Å². The molecule has 1 N–H and O–H groups in total. The first kappa shape index (κ1) is 24.9. The molecule has 3 rings (SSSR count). The summed E-state index contributed by atoms with van der Waals surface area (Å²) >= 11 is 6.48. The summed E-state index contributed by atoms with van der Waals surface area (Å²) in [6.07, 6.45) is 0.847. The van der Waals surface area contributed by atoms with Crippen molar-refractivity contribution in [2.45, 2.75) is 51.0 Å². The number of rotatable bonds is 7. The fourth-order valence-corrected chi connectivity index (χ4v) is 5.86. The van der Waals surface area contributed by atoms with Gasteiger partial charge in [-0.25, -0.2) is 13.2 Å². The first-order valence-corrected chi connectivity index (χ1v) is 12.5. The third kappa shape index (κ3) is 4.94. The second-order valence-electron chi connectivity index (χ2n) is 7.91. The van der Waals surface area contributed by atoms with Crippen molar-refractivity contribution in [1.82, 2.24) is 5.32 Å². The molecule has 0 saturated carbocycles. The van der Waals surface area contributed by atoms with Crippen molar-refractivity contribution in [2.75, 3.05) is 7.11 Å². The highest BCUT2D eigenvalue weighted by molar-refractivity contribution is 7.95. The zero-order valence-corrected chi connectivity index (χ0v) is 20.9. The van der Waals surface area contributed by atoms with Crippen LogP contribution < -0.4 is 10.1 Å². The number of benzene rings is 2. The van der Waals surface area contributed by atoms with E-state index in [1.54, 1.807) is 50.2 Å². The third-order valence-corrected chi connectivity index (χ3v) is 8.01. The maximum Gasteiger partial charge on any atom is 0.336 e. The minimum Gasteiger partial charge on any atom is -0.491 e. The van der Waals surface area contributed by atoms with E-state index in [-0.39, 0.29) is 21.5 Å². The van der Waals surface area contributed by atoms with Crippen LogP contribution in [0.2, 0.25) is 5.02 Å². The summed E-state index contributed by atoms with van der Waals surface area (Å²) in [4.78, 5) is 12.9. The van der Waals surface area contributed by atoms with E-state index in [1.807, 2.05) is 13.8 Å². The minimum absolute atomic E-state index is 0.0142. The first-order valence-electron chi connectivity index (χ1n) is 10.6. The van der Waals surface area contributed by atoms with Gasteiger partial charge in [0.1, 0.15) is 5.75 Å². The number of carbonyl (C=O) groups excluding carboxylic acids is 1. The molecule has 1 aliphatic rings. The van der Waals surface area contributed by atoms with Gasteiger partial charge in [0.15, 0.2) is 0 Å². The largest absolute Gasteiger partial charge is 0.491 e. The molecule has 33 heavy (non-hydrogen) atoms. The molecule has 2 aromatic rings. The standard InChI is InChI=1S/C25H28ClNO5S/c1-6-15(2)32-18-11-13-19(14-12-18)33(29,30)24-17(4)27-16(3)22(25(28)31-5)23(24)20-9-7-8-10-21(20)26/h7-15,23,27H,6H2,1-5H3. The Kier molecular flexibility index (Phi) is 7.55. The Labute approximate surface area is 200 Å². The van der Waals surface area contributed by atoms with Crippen LogP contribution in [0.15, 0.2) is 75.3 Å². The Morgan fingerprint density at radius 2 is 1.73 bits per heavy atom. The van der Waals surface area contributed by atoms with E-state index in [2.05, 4.69) is 5.32 Å². The molecule has 0 amide bonds. The van der Waals surface area contributed by atoms with Crippen LogP contribution in [0.1, 0.15) is 45.6 Å². The smallest absolute Gasteiger partial charge is 0.336 e. The SMILES string of the molecule is CCC(C)Oc1ccc(S(=O)(=O)C2=C(C)NC(C)=C(C(=O)OC)C2c2ccccc2Cl)cc1. The van der Waals surface area contributed by atoms with Gasteiger partial charge in [0, 0.05) is 16.4 Å². The summed E-state index contributed by atoms with van der Waals surface area (Å²) in [6.45, 7) is 7.35. The number of allylic oxidation sites excluding steroid dienone is 3. The van der Waals surface area contributed by atoms with E-state index >= 15 is 0 Å². The van der Waals surface area contributed by atoms with Gasteiger partial charge in [-0.3, -0.25) is 0 Å². The molecular weight excluding hydrogens is 462 g/mol. The Bertz CT molecular complexity index is 1220. The zero-order chi connectivity index (χ0) is 24.3. The van der Waals surface area contributed by atoms with Crippen molar-refractivity contribution < 1.29 is 22.7 Å². The molecular formula is C25H28ClNO5S. The van der Waals surface area contributed by atoms with Crippen LogP contribution in [-0.4, -0.2) is 27.6 Å². The van der Waals surface area contributed by atoms with Gasteiger partial charge in [-0.2, -0.15) is 0 Å². The lowest BCUT2D eigenvalue weighted by molar-refractivity contribution is -0.136. The van der Waals surface area contributed by atoms with Gasteiger partial charge in [-0.05, 0) is 63.1 Å². The number of methoxy groups -OCH3 is 1. The number of carbonyl (C=O) groups is 1. The van der Waals surface area contributed by atoms with Gasteiger partial charge in [-0.15, -0.1) is 0 Å². The number of esters is 1. The van der Waals surface area contributed by atoms with E-state index < -0.39 is 21.7 Å². The second-order valence-corrected chi connectivity index (χ2v) is 10.2. The lowest BCUT2D eigenvalue weighted by Crippen LogP contribution is -2.31. The Hall–Kier alpha value is -2.77. The quantitative estimate of drug-likeness (QED) is 0.527. The highest BCUT2D eigenvalue weighted by Gasteiger charge is 2.41. The molecule has 2 aromatic carbocycles. The molecule has 2 unspecified atom stereocenters. The maximum absolute atomic E-state index is 13.9. The Morgan fingerprint density at radius 3 is 2.30 bits per heavy atom. The number of dihydropyridines is 1. The van der Waals surface area contributed by atoms with Gasteiger partial charge in [0.05, 0.1) is 34.5 Å². The highest BCUT2D eigenvalue weighted by Crippen LogP contribution is 2.45. The van der Waals surface area contributed by atoms with Crippen molar-refractivity contribution in [3.8, 4) is 5.75 Å². The highest BCUT2D eigenvalue weighted by atomic mass is 35.5. The molecule has 8 heteroatoms. The second kappa shape index (κ2) is 10.0. The average molecular weight is 490 g/mol. The molecule has 0 fully saturated rings. The van der Waals surface area contributed by atoms with Crippen molar-refractivity contribution in [3.05, 3.63) is 81.0 Å². The van der Waals surface area contributed by atoms with E-state index in [0.717, 1.165) is 6.42 Å². The van der Waals surface area contributed by atoms with Crippen LogP contribution in [-0.2, 0) is 19.4 Å². The van der Waals surface area contributed by atoms with Crippen LogP contribution in [0, 0.1) is 0 Å². The third-order valence-electron chi connectivity index (χ3n) is 5.66. The summed E-state index contributed by atoms with van der Waals surface area (Å²) in [7, 11) is -2.75. The Balaban J connectivity index is 2.17. The molecule has 0 saturated heterocycles. The van der Waals surface area contributed by atoms with Gasteiger partial charge in [0.2, 0.25) is 9.84 Å². The van der Waals surface area contributed by atoms with E-state index in [1.165, 1.54) is 19.2 Å². The zero-order valence-electron chi connectivity index (χ0n) is 19.3. The lowest BCUT2D eigenvalue weighted by Gasteiger charge is -2.31. The molecule has 176 valence electrons. The molecule has 2 atom stereocenters. The number of halogens is 1. The fourth-order valence-electron chi connectivity index (χ4n) is 3.86. The normalized spacial score (nSPS) is 17.5. The molecule has 1 heterocycles. The van der Waals surface area contributed by atoms with E-state index in [4.69, 9.17) is 21.1 Å². The van der Waals surface area contributed by atoms with Crippen molar-refractivity contribution >= 4 is 27.4 Å². The van der Waals surface area contributed by atoms with E-state index in [9.17, 15) is 13.2 Å². The molecule has 0 aliphatic carbocycles.